The molecule has 0 heterocycles. The zero-order valence-electron chi connectivity index (χ0n) is 12.3. The van der Waals surface area contributed by atoms with Crippen LogP contribution in [0.4, 0.5) is 5.69 Å². The Morgan fingerprint density at radius 1 is 1.24 bits per heavy atom. The van der Waals surface area contributed by atoms with E-state index in [0.717, 1.165) is 10.0 Å². The molecule has 0 aliphatic rings. The Bertz CT molecular complexity index is 635. The van der Waals surface area contributed by atoms with Crippen molar-refractivity contribution >= 4 is 27.5 Å². The molecule has 2 rings (SSSR count). The first-order chi connectivity index (χ1) is 9.99. The van der Waals surface area contributed by atoms with Gasteiger partial charge in [-0.15, -0.1) is 0 Å². The lowest BCUT2D eigenvalue weighted by molar-refractivity contribution is 0.0752. The number of anilines is 1. The predicted molar refractivity (Wildman–Crippen MR) is 90.1 cm³/mol. The molecule has 2 aromatic rings. The topological polar surface area (TPSA) is 46.3 Å². The van der Waals surface area contributed by atoms with Gasteiger partial charge in [-0.2, -0.15) is 0 Å². The Balaban J connectivity index is 2.22. The number of carbonyl (C=O) groups is 1. The fourth-order valence-electron chi connectivity index (χ4n) is 2.28. The van der Waals surface area contributed by atoms with Gasteiger partial charge in [-0.1, -0.05) is 45.8 Å². The Kier molecular flexibility index (Phi) is 5.02. The SMILES string of the molecule is CCN(Cc1cccc(C)c1)C(=O)c1cc(N)cc(Br)c1. The van der Waals surface area contributed by atoms with Crippen LogP contribution in [-0.4, -0.2) is 17.4 Å². The van der Waals surface area contributed by atoms with Gasteiger partial charge in [-0.25, -0.2) is 0 Å². The van der Waals surface area contributed by atoms with E-state index in [4.69, 9.17) is 5.73 Å². The van der Waals surface area contributed by atoms with Gasteiger partial charge in [0.05, 0.1) is 0 Å². The van der Waals surface area contributed by atoms with Gasteiger partial charge in [0.2, 0.25) is 0 Å². The fraction of sp³-hybridized carbons (Fsp3) is 0.235. The molecule has 0 spiro atoms. The number of halogens is 1. The standard InChI is InChI=1S/C17H19BrN2O/c1-3-20(11-13-6-4-5-12(2)7-13)17(21)14-8-15(18)10-16(19)9-14/h4-10H,3,11,19H2,1-2H3. The molecule has 0 atom stereocenters. The maximum absolute atomic E-state index is 12.6. The molecule has 21 heavy (non-hydrogen) atoms. The van der Waals surface area contributed by atoms with Gasteiger partial charge in [-0.05, 0) is 37.6 Å². The van der Waals surface area contributed by atoms with Crippen molar-refractivity contribution in [2.24, 2.45) is 0 Å². The molecule has 1 amide bonds. The molecule has 3 nitrogen and oxygen atoms in total. The van der Waals surface area contributed by atoms with Crippen LogP contribution in [-0.2, 0) is 6.54 Å². The van der Waals surface area contributed by atoms with Crippen LogP contribution < -0.4 is 5.73 Å². The molecule has 2 aromatic carbocycles. The van der Waals surface area contributed by atoms with Crippen LogP contribution in [0.5, 0.6) is 0 Å². The Hall–Kier alpha value is -1.81. The highest BCUT2D eigenvalue weighted by atomic mass is 79.9. The molecule has 0 unspecified atom stereocenters. The third-order valence-corrected chi connectivity index (χ3v) is 3.75. The molecule has 4 heteroatoms. The second kappa shape index (κ2) is 6.76. The van der Waals surface area contributed by atoms with Gasteiger partial charge < -0.3 is 10.6 Å². The van der Waals surface area contributed by atoms with Crippen molar-refractivity contribution in [1.82, 2.24) is 4.90 Å². The van der Waals surface area contributed by atoms with Crippen LogP contribution >= 0.6 is 15.9 Å². The normalized spacial score (nSPS) is 10.4. The number of hydrogen-bond donors (Lipinski definition) is 1. The average molecular weight is 347 g/mol. The number of amides is 1. The molecule has 0 bridgehead atoms. The molecule has 0 aliphatic carbocycles. The van der Waals surface area contributed by atoms with E-state index in [0.29, 0.717) is 24.3 Å². The lowest BCUT2D eigenvalue weighted by atomic mass is 10.1. The zero-order valence-corrected chi connectivity index (χ0v) is 13.9. The van der Waals surface area contributed by atoms with E-state index in [9.17, 15) is 4.79 Å². The van der Waals surface area contributed by atoms with Gasteiger partial charge in [0.25, 0.3) is 5.91 Å². The van der Waals surface area contributed by atoms with Gasteiger partial charge in [0, 0.05) is 28.8 Å². The number of carbonyl (C=O) groups excluding carboxylic acids is 1. The zero-order chi connectivity index (χ0) is 15.4. The number of rotatable bonds is 4. The van der Waals surface area contributed by atoms with E-state index >= 15 is 0 Å². The summed E-state index contributed by atoms with van der Waals surface area (Å²) >= 11 is 3.38. The fourth-order valence-corrected chi connectivity index (χ4v) is 2.79. The number of benzene rings is 2. The molecule has 110 valence electrons. The molecule has 0 aliphatic heterocycles. The first-order valence-corrected chi connectivity index (χ1v) is 7.69. The first-order valence-electron chi connectivity index (χ1n) is 6.90. The minimum Gasteiger partial charge on any atom is -0.399 e. The van der Waals surface area contributed by atoms with Crippen LogP contribution in [0, 0.1) is 6.92 Å². The lowest BCUT2D eigenvalue weighted by Gasteiger charge is -2.21. The van der Waals surface area contributed by atoms with Crippen molar-refractivity contribution in [3.63, 3.8) is 0 Å². The number of hydrogen-bond acceptors (Lipinski definition) is 2. The highest BCUT2D eigenvalue weighted by molar-refractivity contribution is 9.10. The van der Waals surface area contributed by atoms with Crippen LogP contribution in [0.3, 0.4) is 0 Å². The molecule has 0 saturated carbocycles. The maximum Gasteiger partial charge on any atom is 0.254 e. The summed E-state index contributed by atoms with van der Waals surface area (Å²) in [6.07, 6.45) is 0. The number of nitrogen functional groups attached to an aromatic ring is 1. The van der Waals surface area contributed by atoms with Crippen molar-refractivity contribution in [3.05, 3.63) is 63.6 Å². The predicted octanol–water partition coefficient (Wildman–Crippen LogP) is 4.00. The van der Waals surface area contributed by atoms with E-state index in [-0.39, 0.29) is 5.91 Å². The third kappa shape index (κ3) is 4.08. The minimum atomic E-state index is -0.00740. The van der Waals surface area contributed by atoms with Crippen LogP contribution in [0.1, 0.15) is 28.4 Å². The smallest absolute Gasteiger partial charge is 0.254 e. The van der Waals surface area contributed by atoms with E-state index < -0.39 is 0 Å². The summed E-state index contributed by atoms with van der Waals surface area (Å²) in [6, 6.07) is 13.5. The number of nitrogens with zero attached hydrogens (tertiary/aromatic N) is 1. The van der Waals surface area contributed by atoms with Crippen molar-refractivity contribution in [2.75, 3.05) is 12.3 Å². The molecule has 0 fully saturated rings. The van der Waals surface area contributed by atoms with E-state index in [2.05, 4.69) is 35.0 Å². The Morgan fingerprint density at radius 3 is 2.62 bits per heavy atom. The quantitative estimate of drug-likeness (QED) is 0.850. The summed E-state index contributed by atoms with van der Waals surface area (Å²) in [5.41, 5.74) is 9.33. The number of aryl methyl sites for hydroxylation is 1. The second-order valence-electron chi connectivity index (χ2n) is 5.08. The molecular formula is C17H19BrN2O. The summed E-state index contributed by atoms with van der Waals surface area (Å²) in [4.78, 5) is 14.4. The third-order valence-electron chi connectivity index (χ3n) is 3.29. The van der Waals surface area contributed by atoms with Crippen molar-refractivity contribution < 1.29 is 4.79 Å². The lowest BCUT2D eigenvalue weighted by Crippen LogP contribution is -2.30. The molecular weight excluding hydrogens is 328 g/mol. The summed E-state index contributed by atoms with van der Waals surface area (Å²) in [6.45, 7) is 5.29. The van der Waals surface area contributed by atoms with E-state index in [1.165, 1.54) is 5.56 Å². The summed E-state index contributed by atoms with van der Waals surface area (Å²) in [5, 5.41) is 0. The summed E-state index contributed by atoms with van der Waals surface area (Å²) in [5.74, 6) is -0.00740. The van der Waals surface area contributed by atoms with Gasteiger partial charge in [-0.3, -0.25) is 4.79 Å². The van der Waals surface area contributed by atoms with Crippen molar-refractivity contribution in [1.29, 1.82) is 0 Å². The van der Waals surface area contributed by atoms with E-state index in [1.807, 2.05) is 24.0 Å². The van der Waals surface area contributed by atoms with E-state index in [1.54, 1.807) is 18.2 Å². The largest absolute Gasteiger partial charge is 0.399 e. The average Bonchev–Trinajstić information content (AvgIpc) is 2.43. The Morgan fingerprint density at radius 2 is 2.00 bits per heavy atom. The van der Waals surface area contributed by atoms with Gasteiger partial charge in [0.15, 0.2) is 0 Å². The highest BCUT2D eigenvalue weighted by Crippen LogP contribution is 2.19. The van der Waals surface area contributed by atoms with Crippen LogP contribution in [0.15, 0.2) is 46.9 Å². The van der Waals surface area contributed by atoms with Gasteiger partial charge >= 0.3 is 0 Å². The van der Waals surface area contributed by atoms with Gasteiger partial charge in [0.1, 0.15) is 0 Å². The minimum absolute atomic E-state index is 0.00740. The van der Waals surface area contributed by atoms with Crippen LogP contribution in [0.25, 0.3) is 0 Å². The molecule has 0 aromatic heterocycles. The summed E-state index contributed by atoms with van der Waals surface area (Å²) in [7, 11) is 0. The van der Waals surface area contributed by atoms with Crippen molar-refractivity contribution in [3.8, 4) is 0 Å². The van der Waals surface area contributed by atoms with Crippen molar-refractivity contribution in [2.45, 2.75) is 20.4 Å². The first kappa shape index (κ1) is 15.6. The highest BCUT2D eigenvalue weighted by Gasteiger charge is 2.15. The molecule has 0 radical (unpaired) electrons. The number of nitrogens with two attached hydrogens (primary N) is 1. The summed E-state index contributed by atoms with van der Waals surface area (Å²) < 4.78 is 0.817. The Labute approximate surface area is 133 Å². The second-order valence-corrected chi connectivity index (χ2v) is 6.00. The monoisotopic (exact) mass is 346 g/mol. The molecule has 0 saturated heterocycles. The maximum atomic E-state index is 12.6. The molecule has 2 N–H and O–H groups in total. The van der Waals surface area contributed by atoms with Crippen LogP contribution in [0.2, 0.25) is 0 Å².